The Bertz CT molecular complexity index is 491. The molecule has 1 aromatic carbocycles. The summed E-state index contributed by atoms with van der Waals surface area (Å²) in [5, 5.41) is 0. The van der Waals surface area contributed by atoms with Gasteiger partial charge in [0.1, 0.15) is 5.76 Å². The fourth-order valence-electron chi connectivity index (χ4n) is 2.16. The molecule has 0 bridgehead atoms. The predicted molar refractivity (Wildman–Crippen MR) is 74.8 cm³/mol. The number of aryl methyl sites for hydroxylation is 1. The Morgan fingerprint density at radius 2 is 2.11 bits per heavy atom. The van der Waals surface area contributed by atoms with Crippen molar-refractivity contribution in [1.29, 1.82) is 0 Å². The maximum absolute atomic E-state index is 5.68. The Kier molecular flexibility index (Phi) is 4.05. The van der Waals surface area contributed by atoms with Gasteiger partial charge in [-0.05, 0) is 43.7 Å². The second-order valence-corrected chi connectivity index (χ2v) is 4.61. The van der Waals surface area contributed by atoms with E-state index in [-0.39, 0.29) is 0 Å². The Hall–Kier alpha value is -1.74. The highest BCUT2D eigenvalue weighted by atomic mass is 16.3. The van der Waals surface area contributed by atoms with Crippen molar-refractivity contribution in [1.82, 2.24) is 0 Å². The molecule has 0 amide bonds. The lowest BCUT2D eigenvalue weighted by atomic mass is 10.1. The van der Waals surface area contributed by atoms with E-state index in [0.717, 1.165) is 18.7 Å². The van der Waals surface area contributed by atoms with Gasteiger partial charge in [-0.1, -0.05) is 17.7 Å². The SMILES string of the molecule is Cc1ccc(N(C)Cc2ccco2)c(CCN)c1. The Balaban J connectivity index is 2.20. The van der Waals surface area contributed by atoms with E-state index < -0.39 is 0 Å². The molecule has 0 unspecified atom stereocenters. The molecule has 0 fully saturated rings. The van der Waals surface area contributed by atoms with Gasteiger partial charge in [-0.15, -0.1) is 0 Å². The summed E-state index contributed by atoms with van der Waals surface area (Å²) in [7, 11) is 2.08. The van der Waals surface area contributed by atoms with E-state index in [2.05, 4.69) is 37.1 Å². The molecule has 3 nitrogen and oxygen atoms in total. The number of furan rings is 1. The van der Waals surface area contributed by atoms with Crippen molar-refractivity contribution in [2.24, 2.45) is 5.73 Å². The molecule has 1 heterocycles. The summed E-state index contributed by atoms with van der Waals surface area (Å²) in [5.41, 5.74) is 9.47. The molecule has 3 heteroatoms. The number of hydrogen-bond acceptors (Lipinski definition) is 3. The molecule has 0 aliphatic carbocycles. The zero-order chi connectivity index (χ0) is 13.0. The number of nitrogens with two attached hydrogens (primary N) is 1. The van der Waals surface area contributed by atoms with Gasteiger partial charge in [-0.2, -0.15) is 0 Å². The lowest BCUT2D eigenvalue weighted by Gasteiger charge is -2.22. The van der Waals surface area contributed by atoms with Gasteiger partial charge >= 0.3 is 0 Å². The maximum Gasteiger partial charge on any atom is 0.123 e. The molecule has 18 heavy (non-hydrogen) atoms. The largest absolute Gasteiger partial charge is 0.467 e. The molecule has 0 saturated heterocycles. The van der Waals surface area contributed by atoms with E-state index in [0.29, 0.717) is 6.54 Å². The van der Waals surface area contributed by atoms with Gasteiger partial charge in [-0.3, -0.25) is 0 Å². The predicted octanol–water partition coefficient (Wildman–Crippen LogP) is 2.73. The molecule has 2 rings (SSSR count). The fourth-order valence-corrected chi connectivity index (χ4v) is 2.16. The molecule has 0 spiro atoms. The van der Waals surface area contributed by atoms with Crippen molar-refractivity contribution in [2.75, 3.05) is 18.5 Å². The van der Waals surface area contributed by atoms with Crippen molar-refractivity contribution in [3.05, 3.63) is 53.5 Å². The van der Waals surface area contributed by atoms with Crippen LogP contribution in [0.5, 0.6) is 0 Å². The van der Waals surface area contributed by atoms with E-state index in [1.165, 1.54) is 16.8 Å². The van der Waals surface area contributed by atoms with Crippen molar-refractivity contribution in [2.45, 2.75) is 19.9 Å². The number of rotatable bonds is 5. The molecule has 96 valence electrons. The third-order valence-electron chi connectivity index (χ3n) is 3.03. The van der Waals surface area contributed by atoms with E-state index in [1.807, 2.05) is 12.1 Å². The van der Waals surface area contributed by atoms with Gasteiger partial charge in [0.15, 0.2) is 0 Å². The second kappa shape index (κ2) is 5.74. The average molecular weight is 244 g/mol. The zero-order valence-electron chi connectivity index (χ0n) is 11.0. The third-order valence-corrected chi connectivity index (χ3v) is 3.03. The molecule has 2 aromatic rings. The highest BCUT2D eigenvalue weighted by Crippen LogP contribution is 2.23. The lowest BCUT2D eigenvalue weighted by molar-refractivity contribution is 0.507. The Morgan fingerprint density at radius 3 is 2.78 bits per heavy atom. The molecule has 0 aliphatic rings. The van der Waals surface area contributed by atoms with Crippen molar-refractivity contribution < 1.29 is 4.42 Å². The average Bonchev–Trinajstić information content (AvgIpc) is 2.82. The Labute approximate surface area is 108 Å². The molecule has 0 radical (unpaired) electrons. The minimum Gasteiger partial charge on any atom is -0.467 e. The first-order chi connectivity index (χ1) is 8.70. The highest BCUT2D eigenvalue weighted by Gasteiger charge is 2.09. The van der Waals surface area contributed by atoms with Crippen LogP contribution in [0, 0.1) is 6.92 Å². The van der Waals surface area contributed by atoms with Gasteiger partial charge in [0.05, 0.1) is 12.8 Å². The topological polar surface area (TPSA) is 42.4 Å². The molecular formula is C15H20N2O. The summed E-state index contributed by atoms with van der Waals surface area (Å²) in [6.07, 6.45) is 2.61. The van der Waals surface area contributed by atoms with Crippen LogP contribution in [0.25, 0.3) is 0 Å². The number of benzene rings is 1. The van der Waals surface area contributed by atoms with E-state index in [4.69, 9.17) is 10.2 Å². The van der Waals surface area contributed by atoms with Crippen molar-refractivity contribution in [3.63, 3.8) is 0 Å². The first-order valence-electron chi connectivity index (χ1n) is 6.24. The van der Waals surface area contributed by atoms with Crippen LogP contribution in [0.4, 0.5) is 5.69 Å². The summed E-state index contributed by atoms with van der Waals surface area (Å²) in [6, 6.07) is 10.4. The molecule has 0 saturated carbocycles. The first-order valence-corrected chi connectivity index (χ1v) is 6.24. The van der Waals surface area contributed by atoms with Gasteiger partial charge < -0.3 is 15.1 Å². The van der Waals surface area contributed by atoms with Gasteiger partial charge in [0.25, 0.3) is 0 Å². The number of nitrogens with zero attached hydrogens (tertiary/aromatic N) is 1. The van der Waals surface area contributed by atoms with Crippen LogP contribution in [-0.2, 0) is 13.0 Å². The lowest BCUT2D eigenvalue weighted by Crippen LogP contribution is -2.18. The summed E-state index contributed by atoms with van der Waals surface area (Å²) < 4.78 is 5.38. The normalized spacial score (nSPS) is 10.6. The quantitative estimate of drug-likeness (QED) is 0.879. The van der Waals surface area contributed by atoms with Gasteiger partial charge in [0, 0.05) is 12.7 Å². The van der Waals surface area contributed by atoms with Crippen LogP contribution in [0.1, 0.15) is 16.9 Å². The number of anilines is 1. The van der Waals surface area contributed by atoms with E-state index >= 15 is 0 Å². The maximum atomic E-state index is 5.68. The second-order valence-electron chi connectivity index (χ2n) is 4.61. The third kappa shape index (κ3) is 2.93. The minimum absolute atomic E-state index is 0.672. The van der Waals surface area contributed by atoms with Crippen molar-refractivity contribution >= 4 is 5.69 Å². The Morgan fingerprint density at radius 1 is 1.28 bits per heavy atom. The molecular weight excluding hydrogens is 224 g/mol. The monoisotopic (exact) mass is 244 g/mol. The zero-order valence-corrected chi connectivity index (χ0v) is 11.0. The van der Waals surface area contributed by atoms with Crippen LogP contribution >= 0.6 is 0 Å². The summed E-state index contributed by atoms with van der Waals surface area (Å²) in [6.45, 7) is 3.55. The van der Waals surface area contributed by atoms with Crippen molar-refractivity contribution in [3.8, 4) is 0 Å². The van der Waals surface area contributed by atoms with Gasteiger partial charge in [0.2, 0.25) is 0 Å². The van der Waals surface area contributed by atoms with Gasteiger partial charge in [-0.25, -0.2) is 0 Å². The standard InChI is InChI=1S/C15H20N2O/c1-12-5-6-15(13(10-12)7-8-16)17(2)11-14-4-3-9-18-14/h3-6,9-10H,7-8,11,16H2,1-2H3. The first kappa shape index (κ1) is 12.7. The smallest absolute Gasteiger partial charge is 0.123 e. The van der Waals surface area contributed by atoms with Crippen LogP contribution < -0.4 is 10.6 Å². The van der Waals surface area contributed by atoms with Crippen LogP contribution in [0.2, 0.25) is 0 Å². The summed E-state index contributed by atoms with van der Waals surface area (Å²) >= 11 is 0. The summed E-state index contributed by atoms with van der Waals surface area (Å²) in [5.74, 6) is 0.969. The van der Waals surface area contributed by atoms with Crippen LogP contribution in [0.15, 0.2) is 41.0 Å². The molecule has 1 aromatic heterocycles. The molecule has 0 aliphatic heterocycles. The molecule has 2 N–H and O–H groups in total. The van der Waals surface area contributed by atoms with E-state index in [1.54, 1.807) is 6.26 Å². The summed E-state index contributed by atoms with van der Waals surface area (Å²) in [4.78, 5) is 2.20. The number of hydrogen-bond donors (Lipinski definition) is 1. The van der Waals surface area contributed by atoms with Crippen LogP contribution in [0.3, 0.4) is 0 Å². The van der Waals surface area contributed by atoms with E-state index in [9.17, 15) is 0 Å². The highest BCUT2D eigenvalue weighted by molar-refractivity contribution is 5.54. The molecule has 0 atom stereocenters. The van der Waals surface area contributed by atoms with Crippen LogP contribution in [-0.4, -0.2) is 13.6 Å². The fraction of sp³-hybridized carbons (Fsp3) is 0.333. The minimum atomic E-state index is 0.672.